The summed E-state index contributed by atoms with van der Waals surface area (Å²) >= 11 is 0. The molecule has 0 aliphatic rings. The number of phenolic OH excluding ortho intramolecular Hbond substituents is 6. The molecular formula is C42H50O10. The molecule has 10 nitrogen and oxygen atoms in total. The fourth-order valence-electron chi connectivity index (χ4n) is 5.33. The summed E-state index contributed by atoms with van der Waals surface area (Å²) in [6, 6.07) is 16.1. The summed E-state index contributed by atoms with van der Waals surface area (Å²) in [5.41, 5.74) is 5.03. The van der Waals surface area contributed by atoms with E-state index in [1.165, 1.54) is 32.4 Å². The van der Waals surface area contributed by atoms with Crippen molar-refractivity contribution in [1.82, 2.24) is 0 Å². The standard InChI is InChI=1S/C21H26O5.C21H24O5/c2*1-13(2)4-10-16-18(24)12-19(26-3)20(21(16)25)17(23)11-7-14-5-8-15(22)9-6-14/h4-6,8-9,12,17,22-25H,7,10-11H2,1-3H3;4-9,11-12,17,22-25H,10H2,1-3H3/b;11-7+. The molecule has 0 bridgehead atoms. The number of aliphatic hydroxyl groups is 2. The van der Waals surface area contributed by atoms with Gasteiger partial charge in [-0.05, 0) is 88.8 Å². The Hall–Kier alpha value is -5.58. The van der Waals surface area contributed by atoms with Crippen LogP contribution in [0.3, 0.4) is 0 Å². The topological polar surface area (TPSA) is 180 Å². The number of ether oxygens (including phenoxy) is 2. The predicted molar refractivity (Wildman–Crippen MR) is 202 cm³/mol. The molecule has 0 spiro atoms. The van der Waals surface area contributed by atoms with Crippen molar-refractivity contribution in [2.45, 2.75) is 65.6 Å². The number of benzene rings is 4. The maximum Gasteiger partial charge on any atom is 0.132 e. The van der Waals surface area contributed by atoms with Gasteiger partial charge in [0.05, 0.1) is 31.5 Å². The molecule has 0 saturated carbocycles. The second-order valence-electron chi connectivity index (χ2n) is 12.8. The maximum absolute atomic E-state index is 10.6. The van der Waals surface area contributed by atoms with E-state index < -0.39 is 12.2 Å². The number of phenols is 6. The Morgan fingerprint density at radius 1 is 0.635 bits per heavy atom. The van der Waals surface area contributed by atoms with Gasteiger partial charge in [0.25, 0.3) is 0 Å². The number of aromatic hydroxyl groups is 6. The zero-order valence-corrected chi connectivity index (χ0v) is 30.5. The number of hydrogen-bond donors (Lipinski definition) is 8. The highest BCUT2D eigenvalue weighted by atomic mass is 16.5. The SMILES string of the molecule is COc1cc(O)c(CC=C(C)C)c(O)c1C(O)/C=C/c1ccc(O)cc1.COc1cc(O)c(CC=C(C)C)c(O)c1C(O)CCc1ccc(O)cc1. The molecule has 4 aromatic rings. The molecule has 0 amide bonds. The van der Waals surface area contributed by atoms with Crippen LogP contribution in [0.15, 0.2) is 90.0 Å². The van der Waals surface area contributed by atoms with Crippen molar-refractivity contribution in [1.29, 1.82) is 0 Å². The Kier molecular flexibility index (Phi) is 15.0. The van der Waals surface area contributed by atoms with Crippen LogP contribution in [0.2, 0.25) is 0 Å². The molecule has 0 heterocycles. The van der Waals surface area contributed by atoms with E-state index in [0.717, 1.165) is 22.3 Å². The third kappa shape index (κ3) is 11.2. The average molecular weight is 715 g/mol. The van der Waals surface area contributed by atoms with E-state index in [0.29, 0.717) is 36.8 Å². The number of allylic oxidation sites excluding steroid dienone is 4. The summed E-state index contributed by atoms with van der Waals surface area (Å²) in [7, 11) is 2.84. The summed E-state index contributed by atoms with van der Waals surface area (Å²) in [6.45, 7) is 7.72. The van der Waals surface area contributed by atoms with Crippen molar-refractivity contribution in [3.05, 3.63) is 123 Å². The van der Waals surface area contributed by atoms with Crippen molar-refractivity contribution < 1.29 is 50.3 Å². The van der Waals surface area contributed by atoms with Crippen molar-refractivity contribution in [3.8, 4) is 46.0 Å². The first kappa shape index (κ1) is 40.8. The highest BCUT2D eigenvalue weighted by molar-refractivity contribution is 5.60. The molecule has 10 heteroatoms. The predicted octanol–water partition coefficient (Wildman–Crippen LogP) is 8.05. The van der Waals surface area contributed by atoms with Gasteiger partial charge in [-0.15, -0.1) is 0 Å². The minimum Gasteiger partial charge on any atom is -0.508 e. The number of rotatable bonds is 13. The molecule has 0 aliphatic heterocycles. The van der Waals surface area contributed by atoms with Gasteiger partial charge in [0.15, 0.2) is 0 Å². The van der Waals surface area contributed by atoms with Gasteiger partial charge in [0, 0.05) is 23.3 Å². The molecule has 8 N–H and O–H groups in total. The van der Waals surface area contributed by atoms with E-state index in [4.69, 9.17) is 9.47 Å². The van der Waals surface area contributed by atoms with Crippen molar-refractivity contribution >= 4 is 6.08 Å². The summed E-state index contributed by atoms with van der Waals surface area (Å²) in [5.74, 6) is 0.310. The molecule has 4 rings (SSSR count). The quantitative estimate of drug-likeness (QED) is 0.0632. The molecule has 0 saturated heterocycles. The van der Waals surface area contributed by atoms with Gasteiger partial charge >= 0.3 is 0 Å². The lowest BCUT2D eigenvalue weighted by Gasteiger charge is -2.19. The van der Waals surface area contributed by atoms with Crippen LogP contribution in [0.1, 0.15) is 79.7 Å². The van der Waals surface area contributed by atoms with E-state index in [-0.39, 0.29) is 57.1 Å². The van der Waals surface area contributed by atoms with Crippen LogP contribution in [0.25, 0.3) is 6.08 Å². The molecule has 2 unspecified atom stereocenters. The Bertz CT molecular complexity index is 1870. The first-order valence-electron chi connectivity index (χ1n) is 16.8. The number of aliphatic hydroxyl groups excluding tert-OH is 2. The molecule has 2 atom stereocenters. The zero-order chi connectivity index (χ0) is 38.5. The lowest BCUT2D eigenvalue weighted by Crippen LogP contribution is -2.05. The third-order valence-electron chi connectivity index (χ3n) is 8.27. The van der Waals surface area contributed by atoms with E-state index >= 15 is 0 Å². The fourth-order valence-corrected chi connectivity index (χ4v) is 5.33. The van der Waals surface area contributed by atoms with Crippen molar-refractivity contribution in [2.75, 3.05) is 14.2 Å². The second-order valence-corrected chi connectivity index (χ2v) is 12.8. The zero-order valence-electron chi connectivity index (χ0n) is 30.5. The largest absolute Gasteiger partial charge is 0.508 e. The Morgan fingerprint density at radius 3 is 1.54 bits per heavy atom. The lowest BCUT2D eigenvalue weighted by atomic mass is 9.95. The maximum atomic E-state index is 10.6. The van der Waals surface area contributed by atoms with Gasteiger partial charge < -0.3 is 50.3 Å². The minimum absolute atomic E-state index is 0.0636. The molecule has 4 aromatic carbocycles. The lowest BCUT2D eigenvalue weighted by molar-refractivity contribution is 0.159. The Morgan fingerprint density at radius 2 is 1.08 bits per heavy atom. The molecular weight excluding hydrogens is 664 g/mol. The summed E-state index contributed by atoms with van der Waals surface area (Å²) in [6.07, 6.45) is 6.49. The van der Waals surface area contributed by atoms with E-state index in [1.807, 2.05) is 39.8 Å². The van der Waals surface area contributed by atoms with Crippen molar-refractivity contribution in [2.24, 2.45) is 0 Å². The van der Waals surface area contributed by atoms with Gasteiger partial charge in [-0.2, -0.15) is 0 Å². The van der Waals surface area contributed by atoms with Gasteiger partial charge in [-0.3, -0.25) is 0 Å². The molecule has 0 radical (unpaired) electrons. The van der Waals surface area contributed by atoms with Crippen LogP contribution in [0.5, 0.6) is 46.0 Å². The molecule has 0 aromatic heterocycles. The van der Waals surface area contributed by atoms with E-state index in [2.05, 4.69) is 0 Å². The van der Waals surface area contributed by atoms with E-state index in [9.17, 15) is 40.9 Å². The van der Waals surface area contributed by atoms with Crippen LogP contribution in [0.4, 0.5) is 0 Å². The number of aryl methyl sites for hydroxylation is 1. The average Bonchev–Trinajstić information content (AvgIpc) is 3.10. The minimum atomic E-state index is -1.13. The molecule has 0 fully saturated rings. The van der Waals surface area contributed by atoms with Crippen LogP contribution in [-0.2, 0) is 19.3 Å². The second kappa shape index (κ2) is 19.1. The highest BCUT2D eigenvalue weighted by Crippen LogP contribution is 2.44. The summed E-state index contributed by atoms with van der Waals surface area (Å²) in [4.78, 5) is 0. The van der Waals surface area contributed by atoms with Gasteiger partial charge in [0.1, 0.15) is 52.1 Å². The van der Waals surface area contributed by atoms with Crippen LogP contribution in [0, 0.1) is 0 Å². The van der Waals surface area contributed by atoms with Gasteiger partial charge in [0.2, 0.25) is 0 Å². The highest BCUT2D eigenvalue weighted by Gasteiger charge is 2.24. The van der Waals surface area contributed by atoms with Crippen LogP contribution in [-0.4, -0.2) is 55.1 Å². The molecule has 52 heavy (non-hydrogen) atoms. The van der Waals surface area contributed by atoms with Crippen LogP contribution >= 0.6 is 0 Å². The van der Waals surface area contributed by atoms with E-state index in [1.54, 1.807) is 54.6 Å². The molecule has 278 valence electrons. The smallest absolute Gasteiger partial charge is 0.132 e. The molecule has 0 aliphatic carbocycles. The van der Waals surface area contributed by atoms with Crippen LogP contribution < -0.4 is 9.47 Å². The van der Waals surface area contributed by atoms with Crippen molar-refractivity contribution in [3.63, 3.8) is 0 Å². The first-order valence-corrected chi connectivity index (χ1v) is 16.8. The Labute approximate surface area is 305 Å². The number of methoxy groups -OCH3 is 2. The monoisotopic (exact) mass is 714 g/mol. The van der Waals surface area contributed by atoms with Gasteiger partial charge in [-0.25, -0.2) is 0 Å². The van der Waals surface area contributed by atoms with Gasteiger partial charge in [-0.1, -0.05) is 59.7 Å². The number of hydrogen-bond acceptors (Lipinski definition) is 10. The first-order chi connectivity index (χ1) is 24.7. The Balaban J connectivity index is 0.000000280. The summed E-state index contributed by atoms with van der Waals surface area (Å²) < 4.78 is 10.5. The summed E-state index contributed by atoms with van der Waals surface area (Å²) in [5, 5.41) is 81.4. The third-order valence-corrected chi connectivity index (χ3v) is 8.27. The normalized spacial score (nSPS) is 12.0. The fraction of sp³-hybridized carbons (Fsp3) is 0.286.